The highest BCUT2D eigenvalue weighted by Gasteiger charge is 2.33. The third-order valence-corrected chi connectivity index (χ3v) is 2.67. The van der Waals surface area contributed by atoms with Crippen molar-refractivity contribution in [2.75, 3.05) is 0 Å². The van der Waals surface area contributed by atoms with Crippen LogP contribution in [0.15, 0.2) is 47.5 Å². The first-order valence-corrected chi connectivity index (χ1v) is 5.98. The summed E-state index contributed by atoms with van der Waals surface area (Å²) in [6.45, 7) is 6.25. The third-order valence-electron chi connectivity index (χ3n) is 2.67. The highest BCUT2D eigenvalue weighted by atomic mass is 16.6. The lowest BCUT2D eigenvalue weighted by Gasteiger charge is -2.05. The van der Waals surface area contributed by atoms with E-state index in [0.29, 0.717) is 0 Å². The zero-order valence-electron chi connectivity index (χ0n) is 10.6. The van der Waals surface area contributed by atoms with E-state index in [-0.39, 0.29) is 7.12 Å². The summed E-state index contributed by atoms with van der Waals surface area (Å²) >= 11 is 0. The second-order valence-electron chi connectivity index (χ2n) is 4.26. The van der Waals surface area contributed by atoms with Crippen molar-refractivity contribution in [1.82, 2.24) is 0 Å². The molecule has 0 aliphatic carbocycles. The Balaban J connectivity index is 2.10. The fraction of sp³-hybridized carbons (Fsp3) is 0.286. The molecule has 0 aromatic heterocycles. The quantitative estimate of drug-likeness (QED) is 0.578. The monoisotopic (exact) mass is 228 g/mol. The average molecular weight is 228 g/mol. The predicted molar refractivity (Wildman–Crippen MR) is 71.3 cm³/mol. The van der Waals surface area contributed by atoms with Crippen molar-refractivity contribution >= 4 is 7.12 Å². The average Bonchev–Trinajstić information content (AvgIpc) is 2.72. The Morgan fingerprint density at radius 1 is 1.18 bits per heavy atom. The lowest BCUT2D eigenvalue weighted by Crippen LogP contribution is -2.26. The van der Waals surface area contributed by atoms with Crippen LogP contribution in [0.2, 0.25) is 0 Å². The normalized spacial score (nSPS) is 15.4. The molecule has 0 unspecified atom stereocenters. The van der Waals surface area contributed by atoms with E-state index in [9.17, 15) is 0 Å². The van der Waals surface area contributed by atoms with Gasteiger partial charge in [0.1, 0.15) is 11.5 Å². The van der Waals surface area contributed by atoms with Gasteiger partial charge in [-0.25, -0.2) is 0 Å². The molecule has 1 aliphatic heterocycles. The molecule has 0 saturated carbocycles. The summed E-state index contributed by atoms with van der Waals surface area (Å²) < 4.78 is 11.5. The molecule has 0 radical (unpaired) electrons. The molecule has 0 saturated heterocycles. The highest BCUT2D eigenvalue weighted by molar-refractivity contribution is 6.56. The fourth-order valence-electron chi connectivity index (χ4n) is 1.89. The van der Waals surface area contributed by atoms with Crippen LogP contribution in [-0.2, 0) is 0 Å². The Morgan fingerprint density at radius 2 is 1.76 bits per heavy atom. The molecule has 0 N–H and O–H groups in total. The van der Waals surface area contributed by atoms with Crippen LogP contribution in [0.5, 0.6) is 11.5 Å². The molecule has 1 aliphatic rings. The first-order valence-electron chi connectivity index (χ1n) is 5.98. The summed E-state index contributed by atoms with van der Waals surface area (Å²) in [6.07, 6.45) is 5.34. The van der Waals surface area contributed by atoms with Gasteiger partial charge < -0.3 is 9.31 Å². The standard InChI is InChI=1S/C14H17BO2/c1-4-7-11(2)10-12(3)15-16-13-8-5-6-9-14(13)17-15/h5-10H,4H2,1-3H3/b11-7+,12-10+. The van der Waals surface area contributed by atoms with E-state index in [4.69, 9.17) is 9.31 Å². The number of fused-ring (bicyclic) bond motifs is 1. The molecule has 17 heavy (non-hydrogen) atoms. The lowest BCUT2D eigenvalue weighted by atomic mass is 9.78. The van der Waals surface area contributed by atoms with Gasteiger partial charge in [0, 0.05) is 0 Å². The van der Waals surface area contributed by atoms with Crippen LogP contribution < -0.4 is 9.31 Å². The molecule has 0 bridgehead atoms. The highest BCUT2D eigenvalue weighted by Crippen LogP contribution is 2.34. The second-order valence-corrected chi connectivity index (χ2v) is 4.26. The fourth-order valence-corrected chi connectivity index (χ4v) is 1.89. The number of hydrogen-bond donors (Lipinski definition) is 0. The number of rotatable bonds is 3. The van der Waals surface area contributed by atoms with Gasteiger partial charge in [-0.2, -0.15) is 0 Å². The maximum absolute atomic E-state index is 5.73. The Kier molecular flexibility index (Phi) is 3.57. The number of para-hydroxylation sites is 2. The summed E-state index contributed by atoms with van der Waals surface area (Å²) in [7, 11) is -0.285. The van der Waals surface area contributed by atoms with Crippen LogP contribution in [0.1, 0.15) is 27.2 Å². The van der Waals surface area contributed by atoms with Crippen molar-refractivity contribution in [3.63, 3.8) is 0 Å². The Labute approximate surface area is 103 Å². The first kappa shape index (κ1) is 11.8. The zero-order chi connectivity index (χ0) is 12.3. The molecule has 0 amide bonds. The van der Waals surface area contributed by atoms with Crippen LogP contribution >= 0.6 is 0 Å². The van der Waals surface area contributed by atoms with Crippen molar-refractivity contribution < 1.29 is 9.31 Å². The van der Waals surface area contributed by atoms with E-state index >= 15 is 0 Å². The molecule has 88 valence electrons. The summed E-state index contributed by atoms with van der Waals surface area (Å²) in [5.41, 5.74) is 2.33. The van der Waals surface area contributed by atoms with Crippen molar-refractivity contribution in [2.24, 2.45) is 0 Å². The number of benzene rings is 1. The molecule has 1 aromatic rings. The van der Waals surface area contributed by atoms with Crippen molar-refractivity contribution in [2.45, 2.75) is 27.2 Å². The second kappa shape index (κ2) is 5.13. The number of hydrogen-bond acceptors (Lipinski definition) is 2. The maximum atomic E-state index is 5.73. The molecule has 0 spiro atoms. The lowest BCUT2D eigenvalue weighted by molar-refractivity contribution is 0.511. The Morgan fingerprint density at radius 3 is 2.29 bits per heavy atom. The van der Waals surface area contributed by atoms with Gasteiger partial charge in [0.05, 0.1) is 0 Å². The Hall–Kier alpha value is -1.64. The van der Waals surface area contributed by atoms with E-state index in [1.165, 1.54) is 5.57 Å². The molecule has 1 aromatic carbocycles. The van der Waals surface area contributed by atoms with Crippen molar-refractivity contribution in [1.29, 1.82) is 0 Å². The third kappa shape index (κ3) is 2.73. The molecule has 1 heterocycles. The van der Waals surface area contributed by atoms with Crippen molar-refractivity contribution in [3.8, 4) is 11.5 Å². The Bertz CT molecular complexity index is 438. The first-order chi connectivity index (χ1) is 8.20. The van der Waals surface area contributed by atoms with Gasteiger partial charge in [-0.15, -0.1) is 0 Å². The van der Waals surface area contributed by atoms with Crippen LogP contribution in [0.3, 0.4) is 0 Å². The maximum Gasteiger partial charge on any atom is 0.628 e. The van der Waals surface area contributed by atoms with E-state index < -0.39 is 0 Å². The van der Waals surface area contributed by atoms with Gasteiger partial charge in [0.25, 0.3) is 0 Å². The van der Waals surface area contributed by atoms with E-state index in [1.807, 2.05) is 31.2 Å². The molecule has 3 heteroatoms. The molecule has 0 atom stereocenters. The van der Waals surface area contributed by atoms with E-state index in [0.717, 1.165) is 23.4 Å². The van der Waals surface area contributed by atoms with Gasteiger partial charge in [0.15, 0.2) is 0 Å². The predicted octanol–water partition coefficient (Wildman–Crippen LogP) is 3.79. The number of allylic oxidation sites excluding steroid dienone is 4. The minimum atomic E-state index is -0.285. The summed E-state index contributed by atoms with van der Waals surface area (Å²) in [6, 6.07) is 7.76. The van der Waals surface area contributed by atoms with Gasteiger partial charge in [0.2, 0.25) is 0 Å². The SMILES string of the molecule is CC/C=C(C)/C=C(\C)B1Oc2ccccc2O1. The summed E-state index contributed by atoms with van der Waals surface area (Å²) in [5, 5.41) is 0. The minimum absolute atomic E-state index is 0.285. The van der Waals surface area contributed by atoms with Crippen LogP contribution in [0.25, 0.3) is 0 Å². The minimum Gasteiger partial charge on any atom is -0.519 e. The molecular weight excluding hydrogens is 211 g/mol. The van der Waals surface area contributed by atoms with Crippen LogP contribution in [0.4, 0.5) is 0 Å². The largest absolute Gasteiger partial charge is 0.628 e. The van der Waals surface area contributed by atoms with Gasteiger partial charge in [-0.1, -0.05) is 36.8 Å². The molecule has 2 nitrogen and oxygen atoms in total. The van der Waals surface area contributed by atoms with Crippen LogP contribution in [-0.4, -0.2) is 7.12 Å². The van der Waals surface area contributed by atoms with E-state index in [2.05, 4.69) is 26.0 Å². The van der Waals surface area contributed by atoms with Crippen LogP contribution in [0, 0.1) is 0 Å². The molecule has 0 fully saturated rings. The summed E-state index contributed by atoms with van der Waals surface area (Å²) in [5.74, 6) is 1.64. The van der Waals surface area contributed by atoms with Crippen molar-refractivity contribution in [3.05, 3.63) is 47.5 Å². The van der Waals surface area contributed by atoms with E-state index in [1.54, 1.807) is 0 Å². The van der Waals surface area contributed by atoms with Gasteiger partial charge >= 0.3 is 7.12 Å². The molecular formula is C14H17BO2. The summed E-state index contributed by atoms with van der Waals surface area (Å²) in [4.78, 5) is 0. The van der Waals surface area contributed by atoms with Gasteiger partial charge in [-0.3, -0.25) is 0 Å². The topological polar surface area (TPSA) is 18.5 Å². The molecule has 2 rings (SSSR count). The smallest absolute Gasteiger partial charge is 0.519 e. The van der Waals surface area contributed by atoms with Gasteiger partial charge in [-0.05, 0) is 37.9 Å². The zero-order valence-corrected chi connectivity index (χ0v) is 10.6.